The molecule has 132 valence electrons. The van der Waals surface area contributed by atoms with Gasteiger partial charge in [0.15, 0.2) is 0 Å². The number of rotatable bonds is 5. The highest BCUT2D eigenvalue weighted by Crippen LogP contribution is 2.12. The lowest BCUT2D eigenvalue weighted by molar-refractivity contribution is -0.157. The van der Waals surface area contributed by atoms with E-state index in [0.717, 1.165) is 0 Å². The van der Waals surface area contributed by atoms with E-state index in [1.165, 1.54) is 19.3 Å². The zero-order valence-electron chi connectivity index (χ0n) is 14.9. The van der Waals surface area contributed by atoms with Gasteiger partial charge in [-0.2, -0.15) is 0 Å². The molecule has 0 bridgehead atoms. The molecule has 7 heteroatoms. The molecule has 0 unspecified atom stereocenters. The topological polar surface area (TPSA) is 90.9 Å². The first-order valence-corrected chi connectivity index (χ1v) is 7.31. The summed E-state index contributed by atoms with van der Waals surface area (Å²) in [4.78, 5) is 35.1. The third kappa shape index (κ3) is 11.2. The fourth-order valence-electron chi connectivity index (χ4n) is 1.41. The van der Waals surface area contributed by atoms with Gasteiger partial charge in [0.2, 0.25) is 0 Å². The number of carbonyl (C=O) groups excluding carboxylic acids is 3. The predicted molar refractivity (Wildman–Crippen MR) is 84.8 cm³/mol. The highest BCUT2D eigenvalue weighted by Gasteiger charge is 2.27. The molecule has 0 spiro atoms. The number of amides is 1. The van der Waals surface area contributed by atoms with Gasteiger partial charge >= 0.3 is 18.0 Å². The van der Waals surface area contributed by atoms with Gasteiger partial charge in [-0.05, 0) is 48.0 Å². The van der Waals surface area contributed by atoms with Gasteiger partial charge in [-0.3, -0.25) is 0 Å². The first-order valence-electron chi connectivity index (χ1n) is 7.31. The van der Waals surface area contributed by atoms with Crippen molar-refractivity contribution in [2.75, 3.05) is 7.11 Å². The molecule has 0 fully saturated rings. The molecule has 0 aromatic carbocycles. The van der Waals surface area contributed by atoms with Crippen molar-refractivity contribution in [3.05, 3.63) is 12.2 Å². The molecule has 1 amide bonds. The van der Waals surface area contributed by atoms with Crippen LogP contribution < -0.4 is 5.32 Å². The molecule has 0 aliphatic rings. The summed E-state index contributed by atoms with van der Waals surface area (Å²) < 4.78 is 14.8. The van der Waals surface area contributed by atoms with Crippen molar-refractivity contribution in [3.8, 4) is 0 Å². The van der Waals surface area contributed by atoms with E-state index in [4.69, 9.17) is 9.47 Å². The molecule has 0 saturated heterocycles. The Morgan fingerprint density at radius 3 is 1.96 bits per heavy atom. The summed E-state index contributed by atoms with van der Waals surface area (Å²) in [7, 11) is 1.25. The van der Waals surface area contributed by atoms with Crippen LogP contribution in [0, 0.1) is 0 Å². The van der Waals surface area contributed by atoms with Crippen LogP contribution in [-0.4, -0.2) is 42.4 Å². The van der Waals surface area contributed by atoms with Crippen molar-refractivity contribution < 1.29 is 28.6 Å². The number of esters is 2. The minimum atomic E-state index is -0.968. The number of alkyl carbamates (subject to hydrolysis) is 1. The Morgan fingerprint density at radius 2 is 1.52 bits per heavy atom. The zero-order valence-corrected chi connectivity index (χ0v) is 14.9. The molecule has 0 saturated carbocycles. The Balaban J connectivity index is 4.92. The van der Waals surface area contributed by atoms with Crippen LogP contribution in [0.4, 0.5) is 4.79 Å². The standard InChI is InChI=1S/C16H27NO6/c1-15(2,3)22-13(19)11(9-8-10-12(18)21-7)17-14(20)23-16(4,5)6/h8,10-11H,9H2,1-7H3,(H,17,20)/b10-8+/t11-/m1/s1. The molecule has 0 heterocycles. The lowest BCUT2D eigenvalue weighted by Gasteiger charge is -2.25. The third-order valence-electron chi connectivity index (χ3n) is 2.21. The highest BCUT2D eigenvalue weighted by atomic mass is 16.6. The lowest BCUT2D eigenvalue weighted by atomic mass is 10.1. The minimum absolute atomic E-state index is 0.0727. The van der Waals surface area contributed by atoms with Crippen molar-refractivity contribution >= 4 is 18.0 Å². The van der Waals surface area contributed by atoms with Crippen molar-refractivity contribution in [3.63, 3.8) is 0 Å². The summed E-state index contributed by atoms with van der Waals surface area (Å²) in [6.45, 7) is 10.3. The minimum Gasteiger partial charge on any atom is -0.466 e. The van der Waals surface area contributed by atoms with Gasteiger partial charge in [-0.15, -0.1) is 0 Å². The Morgan fingerprint density at radius 1 is 1.00 bits per heavy atom. The second kappa shape index (κ2) is 8.55. The number of hydrogen-bond donors (Lipinski definition) is 1. The monoisotopic (exact) mass is 329 g/mol. The number of nitrogens with one attached hydrogen (secondary N) is 1. The molecule has 0 aromatic rings. The van der Waals surface area contributed by atoms with Crippen LogP contribution in [-0.2, 0) is 23.8 Å². The van der Waals surface area contributed by atoms with E-state index in [9.17, 15) is 14.4 Å². The van der Waals surface area contributed by atoms with Crippen molar-refractivity contribution in [1.82, 2.24) is 5.32 Å². The molecule has 7 nitrogen and oxygen atoms in total. The SMILES string of the molecule is COC(=O)/C=C/C[C@@H](NC(=O)OC(C)(C)C)C(=O)OC(C)(C)C. The largest absolute Gasteiger partial charge is 0.466 e. The molecule has 0 rings (SSSR count). The van der Waals surface area contributed by atoms with Crippen molar-refractivity contribution in [1.29, 1.82) is 0 Å². The normalized spacial score (nSPS) is 13.3. The van der Waals surface area contributed by atoms with Crippen molar-refractivity contribution in [2.24, 2.45) is 0 Å². The molecule has 1 atom stereocenters. The molecule has 0 aliphatic carbocycles. The summed E-state index contributed by atoms with van der Waals surface area (Å²) in [5.74, 6) is -1.16. The third-order valence-corrected chi connectivity index (χ3v) is 2.21. The summed E-state index contributed by atoms with van der Waals surface area (Å²) in [6.07, 6.45) is 1.94. The van der Waals surface area contributed by atoms with Crippen LogP contribution in [0.15, 0.2) is 12.2 Å². The van der Waals surface area contributed by atoms with E-state index in [1.807, 2.05) is 0 Å². The number of carbonyl (C=O) groups is 3. The van der Waals surface area contributed by atoms with Crippen LogP contribution in [0.3, 0.4) is 0 Å². The maximum atomic E-state index is 12.2. The molecule has 0 aromatic heterocycles. The van der Waals surface area contributed by atoms with Gasteiger partial charge in [0.05, 0.1) is 7.11 Å². The summed E-state index contributed by atoms with van der Waals surface area (Å²) in [5, 5.41) is 2.45. The Labute approximate surface area is 137 Å². The molecular weight excluding hydrogens is 302 g/mol. The number of methoxy groups -OCH3 is 1. The van der Waals surface area contributed by atoms with E-state index in [1.54, 1.807) is 41.5 Å². The molecule has 0 aliphatic heterocycles. The van der Waals surface area contributed by atoms with E-state index in [-0.39, 0.29) is 6.42 Å². The van der Waals surface area contributed by atoms with E-state index in [0.29, 0.717) is 0 Å². The van der Waals surface area contributed by atoms with E-state index >= 15 is 0 Å². The van der Waals surface area contributed by atoms with Crippen LogP contribution in [0.25, 0.3) is 0 Å². The maximum absolute atomic E-state index is 12.2. The second-order valence-corrected chi connectivity index (χ2v) is 6.89. The Hall–Kier alpha value is -2.05. The van der Waals surface area contributed by atoms with Gasteiger partial charge in [0.25, 0.3) is 0 Å². The predicted octanol–water partition coefficient (Wildman–Crippen LogP) is 2.34. The first-order chi connectivity index (χ1) is 10.3. The quantitative estimate of drug-likeness (QED) is 0.473. The second-order valence-electron chi connectivity index (χ2n) is 6.89. The van der Waals surface area contributed by atoms with Gasteiger partial charge in [-0.25, -0.2) is 14.4 Å². The van der Waals surface area contributed by atoms with Gasteiger partial charge in [-0.1, -0.05) is 6.08 Å². The molecular formula is C16H27NO6. The summed E-state index contributed by atoms with van der Waals surface area (Å²) >= 11 is 0. The lowest BCUT2D eigenvalue weighted by Crippen LogP contribution is -2.45. The maximum Gasteiger partial charge on any atom is 0.408 e. The average Bonchev–Trinajstić information content (AvgIpc) is 2.32. The fraction of sp³-hybridized carbons (Fsp3) is 0.688. The molecule has 1 N–H and O–H groups in total. The average molecular weight is 329 g/mol. The van der Waals surface area contributed by atoms with Crippen LogP contribution in [0.5, 0.6) is 0 Å². The van der Waals surface area contributed by atoms with Gasteiger partial charge in [0, 0.05) is 6.08 Å². The van der Waals surface area contributed by atoms with Gasteiger partial charge < -0.3 is 19.5 Å². The summed E-state index contributed by atoms with van der Waals surface area (Å²) in [5.41, 5.74) is -1.39. The van der Waals surface area contributed by atoms with E-state index < -0.39 is 35.3 Å². The van der Waals surface area contributed by atoms with Crippen LogP contribution >= 0.6 is 0 Å². The smallest absolute Gasteiger partial charge is 0.408 e. The molecule has 0 radical (unpaired) electrons. The van der Waals surface area contributed by atoms with Gasteiger partial charge in [0.1, 0.15) is 17.2 Å². The Bertz CT molecular complexity index is 456. The highest BCUT2D eigenvalue weighted by molar-refractivity contribution is 5.83. The Kier molecular flexibility index (Phi) is 7.79. The van der Waals surface area contributed by atoms with Crippen LogP contribution in [0.2, 0.25) is 0 Å². The fourth-order valence-corrected chi connectivity index (χ4v) is 1.41. The number of hydrogen-bond acceptors (Lipinski definition) is 6. The first kappa shape index (κ1) is 20.9. The molecule has 23 heavy (non-hydrogen) atoms. The van der Waals surface area contributed by atoms with Crippen molar-refractivity contribution in [2.45, 2.75) is 65.2 Å². The van der Waals surface area contributed by atoms with Crippen LogP contribution in [0.1, 0.15) is 48.0 Å². The van der Waals surface area contributed by atoms with E-state index in [2.05, 4.69) is 10.1 Å². The number of ether oxygens (including phenoxy) is 3. The zero-order chi connectivity index (χ0) is 18.3. The summed E-state index contributed by atoms with van der Waals surface area (Å²) in [6, 6.07) is -0.968.